The van der Waals surface area contributed by atoms with Crippen molar-refractivity contribution in [3.05, 3.63) is 78.2 Å². The fourth-order valence-electron chi connectivity index (χ4n) is 3.66. The summed E-state index contributed by atoms with van der Waals surface area (Å²) in [4.78, 5) is 46.9. The first-order valence-electron chi connectivity index (χ1n) is 10.4. The van der Waals surface area contributed by atoms with Crippen LogP contribution in [0, 0.1) is 5.92 Å². The minimum atomic E-state index is -0.350. The molecule has 1 saturated heterocycles. The van der Waals surface area contributed by atoms with Crippen LogP contribution in [0.1, 0.15) is 33.7 Å². The van der Waals surface area contributed by atoms with Crippen molar-refractivity contribution in [1.82, 2.24) is 14.9 Å². The van der Waals surface area contributed by atoms with Crippen LogP contribution in [-0.2, 0) is 4.79 Å². The van der Waals surface area contributed by atoms with E-state index in [0.717, 1.165) is 5.56 Å². The molecule has 2 aromatic carbocycles. The molecule has 4 rings (SSSR count). The van der Waals surface area contributed by atoms with E-state index in [-0.39, 0.29) is 29.3 Å². The Morgan fingerprint density at radius 3 is 2.28 bits per heavy atom. The maximum absolute atomic E-state index is 12.8. The molecule has 8 heteroatoms. The molecule has 0 spiro atoms. The van der Waals surface area contributed by atoms with Crippen molar-refractivity contribution in [3.63, 3.8) is 0 Å². The summed E-state index contributed by atoms with van der Waals surface area (Å²) in [6.45, 7) is 1.02. The van der Waals surface area contributed by atoms with Crippen molar-refractivity contribution >= 4 is 23.4 Å². The van der Waals surface area contributed by atoms with Gasteiger partial charge in [-0.05, 0) is 37.1 Å². The van der Waals surface area contributed by atoms with Crippen LogP contribution in [0.15, 0.2) is 67.0 Å². The number of anilines is 1. The molecule has 0 saturated carbocycles. The highest BCUT2D eigenvalue weighted by Gasteiger charge is 2.26. The topological polar surface area (TPSA) is 118 Å². The third-order valence-corrected chi connectivity index (χ3v) is 5.51. The van der Waals surface area contributed by atoms with Gasteiger partial charge in [-0.15, -0.1) is 0 Å². The Balaban J connectivity index is 1.44. The third-order valence-electron chi connectivity index (χ3n) is 5.51. The summed E-state index contributed by atoms with van der Waals surface area (Å²) in [5.74, 6) is -0.896. The first kappa shape index (κ1) is 21.2. The van der Waals surface area contributed by atoms with E-state index in [1.165, 1.54) is 6.20 Å². The quantitative estimate of drug-likeness (QED) is 0.646. The van der Waals surface area contributed by atoms with Crippen LogP contribution in [0.4, 0.5) is 5.69 Å². The van der Waals surface area contributed by atoms with Crippen LogP contribution < -0.4 is 11.1 Å². The fraction of sp³-hybridized carbons (Fsp3) is 0.208. The normalized spacial score (nSPS) is 14.1. The van der Waals surface area contributed by atoms with Gasteiger partial charge in [0, 0.05) is 35.8 Å². The molecule has 1 fully saturated rings. The number of para-hydroxylation sites is 1. The van der Waals surface area contributed by atoms with E-state index in [0.29, 0.717) is 42.9 Å². The molecule has 0 aliphatic carbocycles. The van der Waals surface area contributed by atoms with Crippen molar-refractivity contribution in [2.24, 2.45) is 11.7 Å². The number of likely N-dealkylation sites (tertiary alicyclic amines) is 1. The number of amides is 3. The van der Waals surface area contributed by atoms with E-state index >= 15 is 0 Å². The average Bonchev–Trinajstić information content (AvgIpc) is 2.84. The summed E-state index contributed by atoms with van der Waals surface area (Å²) in [7, 11) is 0. The molecule has 0 radical (unpaired) electrons. The number of hydrogen-bond acceptors (Lipinski definition) is 5. The smallest absolute Gasteiger partial charge is 0.275 e. The van der Waals surface area contributed by atoms with Crippen LogP contribution in [0.5, 0.6) is 0 Å². The van der Waals surface area contributed by atoms with Crippen molar-refractivity contribution in [2.75, 3.05) is 18.4 Å². The standard InChI is InChI=1S/C24H23N5O3/c25-22(30)17-10-12-29(13-11-17)24(32)18-8-6-16(7-9-18)20-14-26-15-21(28-20)23(31)27-19-4-2-1-3-5-19/h1-9,14-15,17H,10-13H2,(H2,25,30)(H,27,31). The maximum atomic E-state index is 12.8. The van der Waals surface area contributed by atoms with Crippen molar-refractivity contribution in [2.45, 2.75) is 12.8 Å². The Hall–Kier alpha value is -4.07. The second-order valence-electron chi connectivity index (χ2n) is 7.66. The zero-order valence-corrected chi connectivity index (χ0v) is 17.4. The van der Waals surface area contributed by atoms with Gasteiger partial charge in [-0.3, -0.25) is 19.4 Å². The molecule has 162 valence electrons. The second kappa shape index (κ2) is 9.38. The minimum Gasteiger partial charge on any atom is -0.369 e. The molecule has 8 nitrogen and oxygen atoms in total. The monoisotopic (exact) mass is 429 g/mol. The number of carbonyl (C=O) groups is 3. The SMILES string of the molecule is NC(=O)C1CCN(C(=O)c2ccc(-c3cncc(C(=O)Nc4ccccc4)n3)cc2)CC1. The van der Waals surface area contributed by atoms with Gasteiger partial charge in [-0.2, -0.15) is 0 Å². The van der Waals surface area contributed by atoms with Gasteiger partial charge in [0.15, 0.2) is 0 Å². The Morgan fingerprint density at radius 2 is 1.62 bits per heavy atom. The maximum Gasteiger partial charge on any atom is 0.275 e. The molecule has 1 aromatic heterocycles. The lowest BCUT2D eigenvalue weighted by Crippen LogP contribution is -2.41. The molecule has 3 N–H and O–H groups in total. The molecule has 1 aliphatic heterocycles. The van der Waals surface area contributed by atoms with Crippen molar-refractivity contribution in [3.8, 4) is 11.3 Å². The van der Waals surface area contributed by atoms with E-state index in [1.54, 1.807) is 47.5 Å². The van der Waals surface area contributed by atoms with Crippen LogP contribution in [-0.4, -0.2) is 45.7 Å². The van der Waals surface area contributed by atoms with Gasteiger partial charge in [-0.1, -0.05) is 30.3 Å². The lowest BCUT2D eigenvalue weighted by atomic mass is 9.96. The van der Waals surface area contributed by atoms with Gasteiger partial charge in [0.1, 0.15) is 5.69 Å². The molecular weight excluding hydrogens is 406 g/mol. The molecule has 3 aromatic rings. The Bertz CT molecular complexity index is 1120. The van der Waals surface area contributed by atoms with E-state index in [2.05, 4.69) is 15.3 Å². The molecule has 2 heterocycles. The number of benzene rings is 2. The molecular formula is C24H23N5O3. The van der Waals surface area contributed by atoms with Gasteiger partial charge in [-0.25, -0.2) is 4.98 Å². The van der Waals surface area contributed by atoms with Gasteiger partial charge in [0.25, 0.3) is 11.8 Å². The molecule has 0 atom stereocenters. The van der Waals surface area contributed by atoms with Gasteiger partial charge in [0.05, 0.1) is 18.1 Å². The summed E-state index contributed by atoms with van der Waals surface area (Å²) in [5, 5.41) is 2.79. The number of piperidine rings is 1. The Kier molecular flexibility index (Phi) is 6.21. The van der Waals surface area contributed by atoms with Crippen LogP contribution >= 0.6 is 0 Å². The summed E-state index contributed by atoms with van der Waals surface area (Å²) >= 11 is 0. The second-order valence-corrected chi connectivity index (χ2v) is 7.66. The molecule has 3 amide bonds. The average molecular weight is 429 g/mol. The first-order chi connectivity index (χ1) is 15.5. The highest BCUT2D eigenvalue weighted by Crippen LogP contribution is 2.21. The van der Waals surface area contributed by atoms with Crippen molar-refractivity contribution < 1.29 is 14.4 Å². The zero-order valence-electron chi connectivity index (χ0n) is 17.4. The summed E-state index contributed by atoms with van der Waals surface area (Å²) < 4.78 is 0. The highest BCUT2D eigenvalue weighted by atomic mass is 16.2. The number of rotatable bonds is 5. The first-order valence-corrected chi connectivity index (χ1v) is 10.4. The largest absolute Gasteiger partial charge is 0.369 e. The lowest BCUT2D eigenvalue weighted by molar-refractivity contribution is -0.123. The fourth-order valence-corrected chi connectivity index (χ4v) is 3.66. The van der Waals surface area contributed by atoms with E-state index in [1.807, 2.05) is 18.2 Å². The number of primary amides is 1. The zero-order chi connectivity index (χ0) is 22.5. The number of nitrogens with zero attached hydrogens (tertiary/aromatic N) is 3. The van der Waals surface area contributed by atoms with Gasteiger partial charge in [0.2, 0.25) is 5.91 Å². The van der Waals surface area contributed by atoms with Crippen LogP contribution in [0.2, 0.25) is 0 Å². The summed E-state index contributed by atoms with van der Waals surface area (Å²) in [5.41, 5.74) is 8.07. The Labute approximate surface area is 185 Å². The predicted octanol–water partition coefficient (Wildman–Crippen LogP) is 2.73. The minimum absolute atomic E-state index is 0.0819. The van der Waals surface area contributed by atoms with E-state index < -0.39 is 0 Å². The summed E-state index contributed by atoms with van der Waals surface area (Å²) in [6, 6.07) is 16.2. The predicted molar refractivity (Wildman–Crippen MR) is 120 cm³/mol. The van der Waals surface area contributed by atoms with Crippen LogP contribution in [0.25, 0.3) is 11.3 Å². The van der Waals surface area contributed by atoms with Crippen LogP contribution in [0.3, 0.4) is 0 Å². The number of hydrogen-bond donors (Lipinski definition) is 2. The number of aromatic nitrogens is 2. The Morgan fingerprint density at radius 1 is 0.938 bits per heavy atom. The number of nitrogens with one attached hydrogen (secondary N) is 1. The van der Waals surface area contributed by atoms with Crippen molar-refractivity contribution in [1.29, 1.82) is 0 Å². The lowest BCUT2D eigenvalue weighted by Gasteiger charge is -2.30. The molecule has 0 unspecified atom stereocenters. The summed E-state index contributed by atoms with van der Waals surface area (Å²) in [6.07, 6.45) is 4.17. The third kappa shape index (κ3) is 4.80. The number of carbonyl (C=O) groups excluding carboxylic acids is 3. The molecule has 1 aliphatic rings. The van der Waals surface area contributed by atoms with Gasteiger partial charge < -0.3 is 16.0 Å². The highest BCUT2D eigenvalue weighted by molar-refractivity contribution is 6.03. The van der Waals surface area contributed by atoms with Gasteiger partial charge >= 0.3 is 0 Å². The van der Waals surface area contributed by atoms with E-state index in [4.69, 9.17) is 5.73 Å². The molecule has 32 heavy (non-hydrogen) atoms. The molecule has 0 bridgehead atoms. The van der Waals surface area contributed by atoms with E-state index in [9.17, 15) is 14.4 Å². The number of nitrogens with two attached hydrogens (primary N) is 1.